The minimum Gasteiger partial charge on any atom is -0.394 e. The number of aliphatic hydroxyl groups excluding tert-OH is 3. The first kappa shape index (κ1) is 12.2. The van der Waals surface area contributed by atoms with E-state index < -0.39 is 37.2 Å². The molecule has 17 heavy (non-hydrogen) atoms. The molecule has 2 aliphatic heterocycles. The van der Waals surface area contributed by atoms with Gasteiger partial charge in [0, 0.05) is 18.8 Å². The van der Waals surface area contributed by atoms with Crippen LogP contribution in [0.15, 0.2) is 17.3 Å². The number of rotatable bonds is 2. The summed E-state index contributed by atoms with van der Waals surface area (Å²) in [4.78, 5) is 16.3. The van der Waals surface area contributed by atoms with Gasteiger partial charge in [0.15, 0.2) is 6.23 Å². The maximum atomic E-state index is 11.6. The minimum atomic E-state index is -1.27. The number of amides is 2. The fourth-order valence-corrected chi connectivity index (χ4v) is 1.80. The number of ether oxygens (including phenoxy) is 1. The molecule has 0 unspecified atom stereocenters. The number of hydrogen-bond acceptors (Lipinski definition) is 5. The van der Waals surface area contributed by atoms with Crippen LogP contribution in [0.25, 0.3) is 0 Å². The van der Waals surface area contributed by atoms with Crippen molar-refractivity contribution in [1.82, 2.24) is 4.90 Å². The van der Waals surface area contributed by atoms with Gasteiger partial charge in [-0.05, 0) is 0 Å². The second-order valence-corrected chi connectivity index (χ2v) is 3.85. The van der Waals surface area contributed by atoms with E-state index in [1.54, 1.807) is 6.08 Å². The number of urea groups is 1. The summed E-state index contributed by atoms with van der Waals surface area (Å²) in [5.74, 6) is 0. The van der Waals surface area contributed by atoms with E-state index in [0.29, 0.717) is 6.42 Å². The highest BCUT2D eigenvalue weighted by molar-refractivity contribution is 5.86. The van der Waals surface area contributed by atoms with Crippen molar-refractivity contribution in [2.75, 3.05) is 6.61 Å². The number of nitrogens with zero attached hydrogens (tertiary/aromatic N) is 2. The van der Waals surface area contributed by atoms with Crippen molar-refractivity contribution in [3.63, 3.8) is 0 Å². The highest BCUT2D eigenvalue weighted by Crippen LogP contribution is 2.25. The summed E-state index contributed by atoms with van der Waals surface area (Å²) in [6.45, 7) is -0.427. The topological polar surface area (TPSA) is 103 Å². The molecular weight excluding hydrogens is 228 g/mol. The van der Waals surface area contributed by atoms with Crippen molar-refractivity contribution in [3.8, 4) is 0 Å². The van der Waals surface area contributed by atoms with Crippen molar-refractivity contribution in [2.45, 2.75) is 31.0 Å². The minimum absolute atomic E-state index is 0.427. The number of aliphatic imine (C=N–C) groups is 1. The first-order valence-corrected chi connectivity index (χ1v) is 5.29. The van der Waals surface area contributed by atoms with E-state index in [1.165, 1.54) is 12.4 Å². The quantitative estimate of drug-likeness (QED) is 0.566. The summed E-state index contributed by atoms with van der Waals surface area (Å²) in [7, 11) is 0. The summed E-state index contributed by atoms with van der Waals surface area (Å²) in [5.41, 5.74) is 0. The van der Waals surface area contributed by atoms with Crippen molar-refractivity contribution >= 4 is 12.2 Å². The third-order valence-corrected chi connectivity index (χ3v) is 2.72. The lowest BCUT2D eigenvalue weighted by atomic mass is 10.1. The molecule has 7 heteroatoms. The number of hydrogen-bond donors (Lipinski definition) is 3. The van der Waals surface area contributed by atoms with Crippen molar-refractivity contribution in [1.29, 1.82) is 0 Å². The molecule has 2 heterocycles. The molecule has 0 spiro atoms. The van der Waals surface area contributed by atoms with E-state index in [4.69, 9.17) is 9.84 Å². The standard InChI is InChI=1S/C10H14N2O5/c13-5-6-7(14)8(15)9(17-6)12-4-2-1-3-11-10(12)16/h2-4,6-9,13-15H,1,5H2/t6-,7-,8-,9-/m1/s1. The summed E-state index contributed by atoms with van der Waals surface area (Å²) in [6.07, 6.45) is 0.674. The smallest absolute Gasteiger partial charge is 0.349 e. The Bertz CT molecular complexity index is 357. The van der Waals surface area contributed by atoms with Crippen LogP contribution in [-0.4, -0.2) is 63.6 Å². The molecule has 0 aliphatic carbocycles. The zero-order chi connectivity index (χ0) is 12.4. The van der Waals surface area contributed by atoms with E-state index in [9.17, 15) is 15.0 Å². The zero-order valence-corrected chi connectivity index (χ0v) is 9.01. The normalized spacial score (nSPS) is 37.6. The number of carbonyl (C=O) groups is 1. The molecule has 0 radical (unpaired) electrons. The third-order valence-electron chi connectivity index (χ3n) is 2.72. The number of allylic oxidation sites excluding steroid dienone is 1. The predicted molar refractivity (Wildman–Crippen MR) is 57.2 cm³/mol. The number of aliphatic hydroxyl groups is 3. The molecule has 2 aliphatic rings. The largest absolute Gasteiger partial charge is 0.394 e. The SMILES string of the molecule is O=C1N=CCC=CN1[C@@H]1O[C@H](CO)[C@@H](O)[C@H]1O. The summed E-state index contributed by atoms with van der Waals surface area (Å²) in [6, 6.07) is -0.575. The Morgan fingerprint density at radius 1 is 1.47 bits per heavy atom. The average molecular weight is 242 g/mol. The Hall–Kier alpha value is -1.28. The van der Waals surface area contributed by atoms with Gasteiger partial charge in [-0.1, -0.05) is 6.08 Å². The lowest BCUT2D eigenvalue weighted by Gasteiger charge is -2.24. The van der Waals surface area contributed by atoms with Gasteiger partial charge in [0.2, 0.25) is 0 Å². The van der Waals surface area contributed by atoms with Crippen molar-refractivity contribution in [3.05, 3.63) is 12.3 Å². The maximum absolute atomic E-state index is 11.6. The van der Waals surface area contributed by atoms with Gasteiger partial charge in [-0.25, -0.2) is 9.79 Å². The fraction of sp³-hybridized carbons (Fsp3) is 0.600. The Labute approximate surface area is 97.6 Å². The lowest BCUT2D eigenvalue weighted by Crippen LogP contribution is -2.43. The molecular formula is C10H14N2O5. The van der Waals surface area contributed by atoms with Gasteiger partial charge in [0.1, 0.15) is 18.3 Å². The summed E-state index contributed by atoms with van der Waals surface area (Å²) in [5, 5.41) is 28.3. The average Bonchev–Trinajstić information content (AvgIpc) is 2.51. The Morgan fingerprint density at radius 2 is 2.24 bits per heavy atom. The molecule has 3 N–H and O–H groups in total. The van der Waals surface area contributed by atoms with Crippen LogP contribution in [0.4, 0.5) is 4.79 Å². The molecule has 4 atom stereocenters. The van der Waals surface area contributed by atoms with Gasteiger partial charge in [-0.2, -0.15) is 0 Å². The second-order valence-electron chi connectivity index (χ2n) is 3.85. The van der Waals surface area contributed by atoms with E-state index in [2.05, 4.69) is 4.99 Å². The van der Waals surface area contributed by atoms with Crippen molar-refractivity contribution in [2.24, 2.45) is 4.99 Å². The molecule has 0 aromatic rings. The third kappa shape index (κ3) is 2.22. The van der Waals surface area contributed by atoms with Crippen molar-refractivity contribution < 1.29 is 24.9 Å². The molecule has 1 fully saturated rings. The van der Waals surface area contributed by atoms with E-state index in [0.717, 1.165) is 4.90 Å². The summed E-state index contributed by atoms with van der Waals surface area (Å²) < 4.78 is 5.23. The molecule has 2 amide bonds. The van der Waals surface area contributed by atoms with Gasteiger partial charge in [0.05, 0.1) is 6.61 Å². The van der Waals surface area contributed by atoms with Gasteiger partial charge >= 0.3 is 6.03 Å². The summed E-state index contributed by atoms with van der Waals surface area (Å²) >= 11 is 0. The fourth-order valence-electron chi connectivity index (χ4n) is 1.80. The van der Waals surface area contributed by atoms with Crippen LogP contribution in [0, 0.1) is 0 Å². The molecule has 0 aromatic heterocycles. The Balaban J connectivity index is 2.17. The van der Waals surface area contributed by atoms with Crippen LogP contribution in [0.3, 0.4) is 0 Å². The van der Waals surface area contributed by atoms with E-state index >= 15 is 0 Å². The van der Waals surface area contributed by atoms with Gasteiger partial charge in [-0.15, -0.1) is 0 Å². The number of carbonyl (C=O) groups excluding carboxylic acids is 1. The van der Waals surface area contributed by atoms with E-state index in [1.807, 2.05) is 0 Å². The maximum Gasteiger partial charge on any atom is 0.349 e. The zero-order valence-electron chi connectivity index (χ0n) is 9.01. The van der Waals surface area contributed by atoms with Crippen LogP contribution in [0.2, 0.25) is 0 Å². The lowest BCUT2D eigenvalue weighted by molar-refractivity contribution is -0.0638. The first-order valence-electron chi connectivity index (χ1n) is 5.29. The van der Waals surface area contributed by atoms with Gasteiger partial charge in [-0.3, -0.25) is 4.90 Å². The van der Waals surface area contributed by atoms with Crippen LogP contribution in [0.5, 0.6) is 0 Å². The van der Waals surface area contributed by atoms with Gasteiger partial charge < -0.3 is 20.1 Å². The molecule has 94 valence electrons. The van der Waals surface area contributed by atoms with Gasteiger partial charge in [0.25, 0.3) is 0 Å². The van der Waals surface area contributed by atoms with Crippen LogP contribution in [0.1, 0.15) is 6.42 Å². The van der Waals surface area contributed by atoms with Crippen LogP contribution >= 0.6 is 0 Å². The first-order chi connectivity index (χ1) is 8.15. The van der Waals surface area contributed by atoms with E-state index in [-0.39, 0.29) is 0 Å². The molecule has 1 saturated heterocycles. The Kier molecular flexibility index (Phi) is 3.53. The molecule has 0 saturated carbocycles. The Morgan fingerprint density at radius 3 is 2.88 bits per heavy atom. The highest BCUT2D eigenvalue weighted by atomic mass is 16.6. The van der Waals surface area contributed by atoms with Crippen LogP contribution < -0.4 is 0 Å². The van der Waals surface area contributed by atoms with Crippen LogP contribution in [-0.2, 0) is 4.74 Å². The molecule has 0 aromatic carbocycles. The predicted octanol–water partition coefficient (Wildman–Crippen LogP) is -1.16. The molecule has 2 rings (SSSR count). The highest BCUT2D eigenvalue weighted by Gasteiger charge is 2.46. The molecule has 0 bridgehead atoms. The second kappa shape index (κ2) is 4.92. The monoisotopic (exact) mass is 242 g/mol. The molecule has 7 nitrogen and oxygen atoms in total.